The number of anilines is 1. The molecule has 0 fully saturated rings. The van der Waals surface area contributed by atoms with E-state index in [0.717, 1.165) is 0 Å². The van der Waals surface area contributed by atoms with Crippen molar-refractivity contribution in [3.63, 3.8) is 0 Å². The van der Waals surface area contributed by atoms with Gasteiger partial charge in [0.25, 0.3) is 0 Å². The van der Waals surface area contributed by atoms with Gasteiger partial charge in [0, 0.05) is 32.0 Å². The summed E-state index contributed by atoms with van der Waals surface area (Å²) >= 11 is 0. The second kappa shape index (κ2) is 5.50. The number of urea groups is 1. The summed E-state index contributed by atoms with van der Waals surface area (Å²) in [4.78, 5) is 11.5. The fourth-order valence-corrected chi connectivity index (χ4v) is 1.14. The van der Waals surface area contributed by atoms with Gasteiger partial charge in [-0.05, 0) is 12.8 Å². The van der Waals surface area contributed by atoms with Gasteiger partial charge in [0.2, 0.25) is 0 Å². The average molecular weight is 226 g/mol. The van der Waals surface area contributed by atoms with Crippen LogP contribution in [0.5, 0.6) is 0 Å². The molecule has 1 heterocycles. The Bertz CT molecular complexity index is 350. The fourth-order valence-electron chi connectivity index (χ4n) is 1.14. The average Bonchev–Trinajstić information content (AvgIpc) is 2.62. The number of hydrogen-bond donors (Lipinski definition) is 3. The number of nitrogens with one attached hydrogen (secondary N) is 2. The maximum absolute atomic E-state index is 11.5. The van der Waals surface area contributed by atoms with Crippen molar-refractivity contribution in [3.05, 3.63) is 12.3 Å². The largest absolute Gasteiger partial charge is 0.396 e. The van der Waals surface area contributed by atoms with Crippen molar-refractivity contribution in [2.24, 2.45) is 13.0 Å². The van der Waals surface area contributed by atoms with E-state index in [4.69, 9.17) is 5.11 Å². The smallest absolute Gasteiger partial charge is 0.320 e. The first-order valence-electron chi connectivity index (χ1n) is 5.21. The molecule has 2 atom stereocenters. The highest BCUT2D eigenvalue weighted by Gasteiger charge is 2.14. The lowest BCUT2D eigenvalue weighted by atomic mass is 10.1. The summed E-state index contributed by atoms with van der Waals surface area (Å²) in [6.45, 7) is 3.76. The molecule has 0 radical (unpaired) electrons. The molecule has 0 saturated carbocycles. The summed E-state index contributed by atoms with van der Waals surface area (Å²) in [5.74, 6) is 0.526. The van der Waals surface area contributed by atoms with Gasteiger partial charge in [0.15, 0.2) is 5.82 Å². The molecule has 0 saturated heterocycles. The second-order valence-electron chi connectivity index (χ2n) is 3.92. The van der Waals surface area contributed by atoms with E-state index in [2.05, 4.69) is 15.7 Å². The standard InChI is InChI=1S/C10H18N4O2/c1-7(6-15)8(2)11-10(16)12-9-4-5-14(3)13-9/h4-5,7-8,15H,6H2,1-3H3,(H2,11,12,13,16). The Morgan fingerprint density at radius 2 is 2.31 bits per heavy atom. The Balaban J connectivity index is 2.42. The molecule has 0 aromatic carbocycles. The maximum atomic E-state index is 11.5. The number of rotatable bonds is 4. The number of nitrogens with zero attached hydrogens (tertiary/aromatic N) is 2. The highest BCUT2D eigenvalue weighted by atomic mass is 16.3. The molecule has 0 aliphatic heterocycles. The zero-order chi connectivity index (χ0) is 12.1. The van der Waals surface area contributed by atoms with Crippen LogP contribution < -0.4 is 10.6 Å². The Morgan fingerprint density at radius 3 is 2.81 bits per heavy atom. The van der Waals surface area contributed by atoms with Crippen LogP contribution in [0.3, 0.4) is 0 Å². The summed E-state index contributed by atoms with van der Waals surface area (Å²) in [7, 11) is 1.78. The SMILES string of the molecule is CC(CO)C(C)NC(=O)Nc1ccn(C)n1. The Kier molecular flexibility index (Phi) is 4.30. The van der Waals surface area contributed by atoms with E-state index in [9.17, 15) is 4.79 Å². The lowest BCUT2D eigenvalue weighted by Gasteiger charge is -2.18. The normalized spacial score (nSPS) is 14.2. The molecule has 16 heavy (non-hydrogen) atoms. The third-order valence-electron chi connectivity index (χ3n) is 2.46. The molecule has 1 rings (SSSR count). The summed E-state index contributed by atoms with van der Waals surface area (Å²) in [6, 6.07) is 1.31. The molecule has 0 aliphatic carbocycles. The van der Waals surface area contributed by atoms with Crippen LogP contribution in [0.25, 0.3) is 0 Å². The van der Waals surface area contributed by atoms with E-state index in [1.54, 1.807) is 24.0 Å². The summed E-state index contributed by atoms with van der Waals surface area (Å²) in [6.07, 6.45) is 1.75. The van der Waals surface area contributed by atoms with Gasteiger partial charge in [-0.1, -0.05) is 6.92 Å². The van der Waals surface area contributed by atoms with Crippen molar-refractivity contribution in [1.29, 1.82) is 0 Å². The van der Waals surface area contributed by atoms with E-state index in [1.807, 2.05) is 13.8 Å². The predicted molar refractivity (Wildman–Crippen MR) is 61.1 cm³/mol. The van der Waals surface area contributed by atoms with Crippen LogP contribution in [0.1, 0.15) is 13.8 Å². The lowest BCUT2D eigenvalue weighted by molar-refractivity contribution is 0.204. The Hall–Kier alpha value is -1.56. The molecule has 90 valence electrons. The minimum absolute atomic E-state index is 0.0227. The van der Waals surface area contributed by atoms with Crippen LogP contribution in [-0.4, -0.2) is 33.6 Å². The first-order chi connectivity index (χ1) is 7.52. The van der Waals surface area contributed by atoms with Crippen LogP contribution in [0.15, 0.2) is 12.3 Å². The Labute approximate surface area is 94.6 Å². The summed E-state index contributed by atoms with van der Waals surface area (Å²) in [5.41, 5.74) is 0. The molecule has 0 aliphatic rings. The topological polar surface area (TPSA) is 79.2 Å². The monoisotopic (exact) mass is 226 g/mol. The van der Waals surface area contributed by atoms with Crippen molar-refractivity contribution in [1.82, 2.24) is 15.1 Å². The van der Waals surface area contributed by atoms with E-state index in [0.29, 0.717) is 5.82 Å². The number of carbonyl (C=O) groups excluding carboxylic acids is 1. The Morgan fingerprint density at radius 1 is 1.62 bits per heavy atom. The van der Waals surface area contributed by atoms with E-state index < -0.39 is 0 Å². The minimum Gasteiger partial charge on any atom is -0.396 e. The molecule has 3 N–H and O–H groups in total. The van der Waals surface area contributed by atoms with Crippen LogP contribution in [0, 0.1) is 5.92 Å². The van der Waals surface area contributed by atoms with Crippen molar-refractivity contribution >= 4 is 11.8 Å². The third kappa shape index (κ3) is 3.54. The molecule has 0 bridgehead atoms. The van der Waals surface area contributed by atoms with Gasteiger partial charge in [0.05, 0.1) is 0 Å². The summed E-state index contributed by atoms with van der Waals surface area (Å²) < 4.78 is 1.61. The quantitative estimate of drug-likeness (QED) is 0.701. The number of aromatic nitrogens is 2. The highest BCUT2D eigenvalue weighted by molar-refractivity contribution is 5.88. The molecule has 0 spiro atoms. The molecule has 1 aromatic rings. The van der Waals surface area contributed by atoms with Gasteiger partial charge in [-0.15, -0.1) is 0 Å². The number of amides is 2. The minimum atomic E-state index is -0.313. The molecular weight excluding hydrogens is 208 g/mol. The van der Waals surface area contributed by atoms with E-state index >= 15 is 0 Å². The zero-order valence-corrected chi connectivity index (χ0v) is 9.77. The third-order valence-corrected chi connectivity index (χ3v) is 2.46. The van der Waals surface area contributed by atoms with Gasteiger partial charge < -0.3 is 10.4 Å². The second-order valence-corrected chi connectivity index (χ2v) is 3.92. The lowest BCUT2D eigenvalue weighted by Crippen LogP contribution is -2.40. The van der Waals surface area contributed by atoms with Gasteiger partial charge >= 0.3 is 6.03 Å². The number of aliphatic hydroxyl groups is 1. The van der Waals surface area contributed by atoms with Crippen LogP contribution in [0.4, 0.5) is 10.6 Å². The summed E-state index contributed by atoms with van der Waals surface area (Å²) in [5, 5.41) is 18.3. The first kappa shape index (κ1) is 12.5. The van der Waals surface area contributed by atoms with E-state index in [-0.39, 0.29) is 24.6 Å². The molecule has 2 amide bonds. The highest BCUT2D eigenvalue weighted by Crippen LogP contribution is 2.03. The molecule has 2 unspecified atom stereocenters. The molecular formula is C10H18N4O2. The number of carbonyl (C=O) groups is 1. The predicted octanol–water partition coefficient (Wildman–Crippen LogP) is 0.558. The van der Waals surface area contributed by atoms with E-state index in [1.165, 1.54) is 0 Å². The van der Waals surface area contributed by atoms with Gasteiger partial charge in [-0.2, -0.15) is 5.10 Å². The van der Waals surface area contributed by atoms with Gasteiger partial charge in [-0.3, -0.25) is 10.00 Å². The van der Waals surface area contributed by atoms with Crippen molar-refractivity contribution in [2.45, 2.75) is 19.9 Å². The maximum Gasteiger partial charge on any atom is 0.320 e. The molecule has 6 nitrogen and oxygen atoms in total. The van der Waals surface area contributed by atoms with Crippen molar-refractivity contribution in [3.8, 4) is 0 Å². The van der Waals surface area contributed by atoms with Crippen molar-refractivity contribution < 1.29 is 9.90 Å². The molecule has 6 heteroatoms. The van der Waals surface area contributed by atoms with Crippen LogP contribution >= 0.6 is 0 Å². The number of aryl methyl sites for hydroxylation is 1. The van der Waals surface area contributed by atoms with Gasteiger partial charge in [-0.25, -0.2) is 4.79 Å². The number of aliphatic hydroxyl groups excluding tert-OH is 1. The van der Waals surface area contributed by atoms with Crippen molar-refractivity contribution in [2.75, 3.05) is 11.9 Å². The molecule has 1 aromatic heterocycles. The first-order valence-corrected chi connectivity index (χ1v) is 5.21. The van der Waals surface area contributed by atoms with Crippen LogP contribution in [-0.2, 0) is 7.05 Å². The van der Waals surface area contributed by atoms with Crippen LogP contribution in [0.2, 0.25) is 0 Å². The number of hydrogen-bond acceptors (Lipinski definition) is 3. The fraction of sp³-hybridized carbons (Fsp3) is 0.600. The zero-order valence-electron chi connectivity index (χ0n) is 9.77. The van der Waals surface area contributed by atoms with Gasteiger partial charge in [0.1, 0.15) is 0 Å².